The van der Waals surface area contributed by atoms with Crippen LogP contribution in [-0.4, -0.2) is 71.3 Å². The normalized spacial score (nSPS) is 15.8. The second kappa shape index (κ2) is 53.6. The molecule has 0 aromatic carbocycles. The fourth-order valence-electron chi connectivity index (χ4n) is 1.28. The summed E-state index contributed by atoms with van der Waals surface area (Å²) in [5.74, 6) is 0. The van der Waals surface area contributed by atoms with Crippen LogP contribution in [0.1, 0.15) is 41.5 Å². The van der Waals surface area contributed by atoms with Crippen molar-refractivity contribution in [1.29, 1.82) is 0 Å². The molecule has 0 spiro atoms. The van der Waals surface area contributed by atoms with E-state index in [4.69, 9.17) is 29.2 Å². The molecule has 0 heterocycles. The van der Waals surface area contributed by atoms with Crippen LogP contribution in [0.2, 0.25) is 0 Å². The summed E-state index contributed by atoms with van der Waals surface area (Å²) in [6.07, 6.45) is 2.94. The van der Waals surface area contributed by atoms with Crippen molar-refractivity contribution < 1.29 is 345 Å². The summed E-state index contributed by atoms with van der Waals surface area (Å²) in [4.78, 5) is 44.7. The molecule has 0 aliphatic rings. The smallest absolute Gasteiger partial charge is 0.355 e. The first-order valence-electron chi connectivity index (χ1n) is 11.4. The van der Waals surface area contributed by atoms with Gasteiger partial charge in [-0.2, -0.15) is 25.1 Å². The fraction of sp³-hybridized carbons (Fsp3) is 0.812. The Balaban J connectivity index is -0.0000000334. The van der Waals surface area contributed by atoms with E-state index in [1.807, 2.05) is 0 Å². The first-order chi connectivity index (χ1) is 19.0. The minimum Gasteiger partial charge on any atom is -0.355 e. The molecule has 6 atom stereocenters. The van der Waals surface area contributed by atoms with E-state index in [1.165, 1.54) is 20.8 Å². The molecule has 5 N–H and O–H groups in total. The van der Waals surface area contributed by atoms with Crippen molar-refractivity contribution in [2.45, 2.75) is 41.5 Å². The number of ether oxygens (including phenoxy) is 3. The zero-order valence-electron chi connectivity index (χ0n) is 29.8. The van der Waals surface area contributed by atoms with Gasteiger partial charge >= 0.3 is 23.5 Å². The molecule has 20 nitrogen and oxygen atoms in total. The van der Waals surface area contributed by atoms with Gasteiger partial charge in [-0.25, -0.2) is 36.5 Å². The molecule has 0 aliphatic heterocycles. The predicted octanol–water partition coefficient (Wildman–Crippen LogP) is 5.15. The van der Waals surface area contributed by atoms with Gasteiger partial charge in [0.2, 0.25) is 0 Å². The molecule has 304 valence electrons. The van der Waals surface area contributed by atoms with E-state index in [1.54, 1.807) is 20.8 Å². The van der Waals surface area contributed by atoms with Gasteiger partial charge in [-0.15, -0.1) is 0 Å². The van der Waals surface area contributed by atoms with Gasteiger partial charge in [0.05, 0.1) is 7.37 Å². The van der Waals surface area contributed by atoms with E-state index in [-0.39, 0.29) is 273 Å². The van der Waals surface area contributed by atoms with E-state index in [0.29, 0.717) is 6.61 Å². The van der Waals surface area contributed by atoms with Crippen LogP contribution in [0.4, 0.5) is 0 Å². The molecule has 0 rings (SSSR count). The van der Waals surface area contributed by atoms with Gasteiger partial charge in [-0.1, -0.05) is 0 Å². The Kier molecular flexibility index (Phi) is 100. The quantitative estimate of drug-likeness (QED) is 0.0430. The van der Waals surface area contributed by atoms with Crippen LogP contribution in [0, 0.1) is 112 Å². The minimum absolute atomic E-state index is 0. The minimum atomic E-state index is -4.99. The van der Waals surface area contributed by atoms with Crippen LogP contribution in [0.25, 0.3) is 0 Å². The van der Waals surface area contributed by atoms with E-state index < -0.39 is 59.6 Å². The van der Waals surface area contributed by atoms with Crippen molar-refractivity contribution in [2.24, 2.45) is 0 Å². The topological polar surface area (TPSA) is 287 Å². The molecule has 53 heavy (non-hydrogen) atoms. The SMILES string of the molecule is C[CH-]P(=O)(O)OCOCC.C[CH-]P(=O)(O)OP(=O)(O)OCOCC.C[CH-]P(C)(=O)OP(=O)(O)OP(=O)(O)OCOCC.[Re].[Re].[Re].[Rf].[Rf].[U].[U].[U].[Y].[Y].[Y]. The first kappa shape index (κ1) is 98.9. The van der Waals surface area contributed by atoms with Gasteiger partial charge in [-0.05, 0) is 27.4 Å². The van der Waals surface area contributed by atoms with Crippen molar-refractivity contribution in [3.05, 3.63) is 18.5 Å². The first-order valence-corrected chi connectivity index (χ1v) is 21.3. The Morgan fingerprint density at radius 3 is 1.02 bits per heavy atom. The van der Waals surface area contributed by atoms with Gasteiger partial charge in [0, 0.05) is 273 Å². The van der Waals surface area contributed by atoms with Crippen LogP contribution in [0.3, 0.4) is 0 Å². The Morgan fingerprint density at radius 1 is 0.472 bits per heavy atom. The summed E-state index contributed by atoms with van der Waals surface area (Å²) in [6, 6.07) is 0. The van der Waals surface area contributed by atoms with E-state index in [9.17, 15) is 27.4 Å². The summed E-state index contributed by atoms with van der Waals surface area (Å²) in [5.41, 5.74) is 0. The molecule has 6 radical (unpaired) electrons. The van der Waals surface area contributed by atoms with Crippen LogP contribution in [-0.2, 0) is 228 Å². The second-order valence-electron chi connectivity index (χ2n) is 6.68. The van der Waals surface area contributed by atoms with Crippen molar-refractivity contribution >= 4 is 46.0 Å². The third-order valence-electron chi connectivity index (χ3n) is 3.35. The summed E-state index contributed by atoms with van der Waals surface area (Å²) in [6.45, 7) is 9.88. The molecule has 0 bridgehead atoms. The van der Waals surface area contributed by atoms with Gasteiger partial charge in [-0.3, -0.25) is 22.5 Å². The standard InChI is InChI=1S/C6H16O9P3.C5H13O7P2.C5H12O4P.3Re.2Rf.3U.3Y/c1-4-12-6-13-17(8,9)15-18(10,11)14-16(3,7)5-2;1-3-10-5-11-14(8,9)12-13(6,7)4-2;1-3-8-5-9-10(6,7)4-2;;;;;;;;;;;/h5H,4,6H2,1-3H3,(H,8,9)(H,10,11);4H,3,5H2,1-2H3,(H,6,7)(H,8,9);4H,3,5H2,1-2H3,(H,6,7);;;;;;;;;;;/q3*-1;;;;;;;;;;;. The zero-order valence-corrected chi connectivity index (χ0v) is 77.1. The maximum atomic E-state index is 11.4. The number of hydrogen-bond donors (Lipinski definition) is 5. The maximum absolute atomic E-state index is 11.4. The number of phosphoric acid groups is 3. The van der Waals surface area contributed by atoms with Crippen molar-refractivity contribution in [3.63, 3.8) is 0 Å². The summed E-state index contributed by atoms with van der Waals surface area (Å²) in [5, 5.41) is 0. The fourth-order valence-corrected chi connectivity index (χ4v) is 7.46. The van der Waals surface area contributed by atoms with Gasteiger partial charge < -0.3 is 47.8 Å². The molecular formula is C16H41O20P6Re3Rf2U3Y3-3. The molecule has 0 saturated carbocycles. The molecular weight excluding hydrogens is 2770 g/mol. The van der Waals surface area contributed by atoms with Crippen LogP contribution in [0.15, 0.2) is 0 Å². The molecule has 0 amide bonds. The van der Waals surface area contributed by atoms with E-state index >= 15 is 0 Å². The second-order valence-corrected chi connectivity index (χ2v) is 17.9. The average molecular weight is 2810 g/mol. The van der Waals surface area contributed by atoms with Crippen molar-refractivity contribution in [2.75, 3.05) is 46.9 Å². The Labute approximate surface area is 488 Å². The molecule has 0 saturated heterocycles. The summed E-state index contributed by atoms with van der Waals surface area (Å²) < 4.78 is 105. The molecule has 37 heteroatoms. The van der Waals surface area contributed by atoms with Crippen LogP contribution >= 0.6 is 46.0 Å². The van der Waals surface area contributed by atoms with Crippen molar-refractivity contribution in [3.8, 4) is 0 Å². The van der Waals surface area contributed by atoms with Crippen LogP contribution in [0.5, 0.6) is 0 Å². The van der Waals surface area contributed by atoms with Gasteiger partial charge in [0.15, 0.2) is 35.6 Å². The largest absolute Gasteiger partial charge is 0.484 e. The van der Waals surface area contributed by atoms with E-state index in [2.05, 4.69) is 36.0 Å². The molecule has 0 aliphatic carbocycles. The molecule has 6 unspecified atom stereocenters. The predicted molar refractivity (Wildman–Crippen MR) is 149 cm³/mol. The Morgan fingerprint density at radius 2 is 0.755 bits per heavy atom. The van der Waals surface area contributed by atoms with Crippen molar-refractivity contribution in [1.82, 2.24) is 0 Å². The summed E-state index contributed by atoms with van der Waals surface area (Å²) in [7, 11) is -25.5. The van der Waals surface area contributed by atoms with Gasteiger partial charge in [0.1, 0.15) is 0 Å². The number of phosphoric ester groups is 2. The molecule has 0 fully saturated rings. The molecule has 0 aromatic rings. The van der Waals surface area contributed by atoms with Gasteiger partial charge in [0.25, 0.3) is 0 Å². The Hall–Kier alpha value is 7.27. The number of hydrogen-bond acceptors (Lipinski definition) is 15. The zero-order chi connectivity index (χ0) is 33.7. The maximum Gasteiger partial charge on any atom is 0.484 e. The van der Waals surface area contributed by atoms with Crippen LogP contribution < -0.4 is 0 Å². The Bertz CT molecular complexity index is 1070. The third kappa shape index (κ3) is 71.2. The molecule has 0 aromatic heterocycles. The summed E-state index contributed by atoms with van der Waals surface area (Å²) >= 11 is 0. The van der Waals surface area contributed by atoms with E-state index in [0.717, 1.165) is 25.2 Å². The average Bonchev–Trinajstić information content (AvgIpc) is 2.83. The number of rotatable bonds is 21. The monoisotopic (exact) mass is 2820 g/mol. The third-order valence-corrected chi connectivity index (χ3v) is 12.5.